The first-order valence-corrected chi connectivity index (χ1v) is 10.2. The molecule has 5 nitrogen and oxygen atoms in total. The highest BCUT2D eigenvalue weighted by Gasteiger charge is 2.16. The molecule has 4 rings (SSSR count). The number of aromatic nitrogens is 1. The molecule has 0 fully saturated rings. The second-order valence-corrected chi connectivity index (χ2v) is 7.74. The largest absolute Gasteiger partial charge is 0.486 e. The lowest BCUT2D eigenvalue weighted by atomic mass is 10.1. The zero-order valence-electron chi connectivity index (χ0n) is 15.9. The van der Waals surface area contributed by atoms with Gasteiger partial charge in [-0.1, -0.05) is 35.9 Å². The van der Waals surface area contributed by atoms with E-state index in [1.54, 1.807) is 11.3 Å². The molecule has 0 radical (unpaired) electrons. The van der Waals surface area contributed by atoms with Gasteiger partial charge in [0.2, 0.25) is 5.91 Å². The Morgan fingerprint density at radius 1 is 1.14 bits per heavy atom. The van der Waals surface area contributed by atoms with E-state index in [0.29, 0.717) is 13.2 Å². The average molecular weight is 394 g/mol. The summed E-state index contributed by atoms with van der Waals surface area (Å²) in [6.07, 6.45) is 0.261. The third-order valence-electron chi connectivity index (χ3n) is 4.64. The molecule has 1 N–H and O–H groups in total. The first kappa shape index (κ1) is 18.5. The summed E-state index contributed by atoms with van der Waals surface area (Å²) in [5.74, 6) is 1.43. The topological polar surface area (TPSA) is 60.5 Å². The molecule has 1 aromatic heterocycles. The quantitative estimate of drug-likeness (QED) is 0.701. The number of hydrogen-bond acceptors (Lipinski definition) is 5. The Bertz CT molecular complexity index is 982. The van der Waals surface area contributed by atoms with Crippen molar-refractivity contribution in [2.45, 2.75) is 26.3 Å². The lowest BCUT2D eigenvalue weighted by molar-refractivity contribution is -0.121. The SMILES string of the molecule is Cc1ccc(-c2nc(CC(=O)NC(C)c3ccc4c(c3)OCCO4)cs2)cc1. The second kappa shape index (κ2) is 8.02. The van der Waals surface area contributed by atoms with E-state index in [2.05, 4.69) is 41.5 Å². The van der Waals surface area contributed by atoms with Crippen molar-refractivity contribution in [1.82, 2.24) is 10.3 Å². The fraction of sp³-hybridized carbons (Fsp3) is 0.273. The molecule has 1 aliphatic rings. The van der Waals surface area contributed by atoms with Gasteiger partial charge in [0.25, 0.3) is 0 Å². The fourth-order valence-electron chi connectivity index (χ4n) is 3.09. The summed E-state index contributed by atoms with van der Waals surface area (Å²) in [7, 11) is 0. The van der Waals surface area contributed by atoms with E-state index >= 15 is 0 Å². The van der Waals surface area contributed by atoms with Gasteiger partial charge in [0.15, 0.2) is 11.5 Å². The Labute approximate surface area is 168 Å². The maximum absolute atomic E-state index is 12.5. The van der Waals surface area contributed by atoms with Gasteiger partial charge >= 0.3 is 0 Å². The summed E-state index contributed by atoms with van der Waals surface area (Å²) in [5.41, 5.74) is 4.06. The van der Waals surface area contributed by atoms with Gasteiger partial charge in [0.1, 0.15) is 18.2 Å². The van der Waals surface area contributed by atoms with Crippen LogP contribution in [-0.2, 0) is 11.2 Å². The molecule has 0 saturated heterocycles. The van der Waals surface area contributed by atoms with E-state index in [-0.39, 0.29) is 18.4 Å². The number of hydrogen-bond donors (Lipinski definition) is 1. The van der Waals surface area contributed by atoms with Crippen LogP contribution >= 0.6 is 11.3 Å². The number of benzene rings is 2. The minimum atomic E-state index is -0.126. The molecule has 2 aromatic carbocycles. The van der Waals surface area contributed by atoms with E-state index in [1.165, 1.54) is 5.56 Å². The zero-order chi connectivity index (χ0) is 19.5. The molecule has 3 aromatic rings. The Balaban J connectivity index is 1.38. The maximum atomic E-state index is 12.5. The van der Waals surface area contributed by atoms with Crippen LogP contribution in [0, 0.1) is 6.92 Å². The molecule has 0 aliphatic carbocycles. The first-order valence-electron chi connectivity index (χ1n) is 9.29. The number of fused-ring (bicyclic) bond motifs is 1. The van der Waals surface area contributed by atoms with Crippen LogP contribution in [0.15, 0.2) is 47.8 Å². The summed E-state index contributed by atoms with van der Waals surface area (Å²) in [5, 5.41) is 5.92. The van der Waals surface area contributed by atoms with Crippen LogP contribution < -0.4 is 14.8 Å². The van der Waals surface area contributed by atoms with Crippen molar-refractivity contribution in [1.29, 1.82) is 0 Å². The highest BCUT2D eigenvalue weighted by Crippen LogP contribution is 2.32. The molecule has 1 unspecified atom stereocenters. The highest BCUT2D eigenvalue weighted by molar-refractivity contribution is 7.13. The van der Waals surface area contributed by atoms with Crippen molar-refractivity contribution in [2.75, 3.05) is 13.2 Å². The van der Waals surface area contributed by atoms with Gasteiger partial charge in [-0.25, -0.2) is 4.98 Å². The van der Waals surface area contributed by atoms with Crippen LogP contribution in [0.2, 0.25) is 0 Å². The van der Waals surface area contributed by atoms with Crippen LogP contribution in [-0.4, -0.2) is 24.1 Å². The van der Waals surface area contributed by atoms with E-state index in [0.717, 1.165) is 33.3 Å². The number of thiazole rings is 1. The van der Waals surface area contributed by atoms with Gasteiger partial charge in [-0.15, -0.1) is 11.3 Å². The molecule has 0 saturated carbocycles. The monoisotopic (exact) mass is 394 g/mol. The van der Waals surface area contributed by atoms with Crippen LogP contribution in [0.3, 0.4) is 0 Å². The van der Waals surface area contributed by atoms with E-state index < -0.39 is 0 Å². The van der Waals surface area contributed by atoms with E-state index in [4.69, 9.17) is 9.47 Å². The minimum absolute atomic E-state index is 0.0526. The van der Waals surface area contributed by atoms with Gasteiger partial charge in [-0.05, 0) is 31.5 Å². The van der Waals surface area contributed by atoms with Crippen molar-refractivity contribution >= 4 is 17.2 Å². The van der Waals surface area contributed by atoms with Gasteiger partial charge in [0, 0.05) is 10.9 Å². The summed E-state index contributed by atoms with van der Waals surface area (Å²) in [4.78, 5) is 17.1. The van der Waals surface area contributed by atoms with Crippen molar-refractivity contribution in [3.63, 3.8) is 0 Å². The van der Waals surface area contributed by atoms with Crippen LogP contribution in [0.5, 0.6) is 11.5 Å². The summed E-state index contributed by atoms with van der Waals surface area (Å²) in [6.45, 7) is 5.13. The molecule has 28 heavy (non-hydrogen) atoms. The summed E-state index contributed by atoms with van der Waals surface area (Å²) in [6, 6.07) is 13.9. The number of aryl methyl sites for hydroxylation is 1. The molecular weight excluding hydrogens is 372 g/mol. The lowest BCUT2D eigenvalue weighted by Gasteiger charge is -2.21. The predicted molar refractivity (Wildman–Crippen MR) is 110 cm³/mol. The molecule has 144 valence electrons. The minimum Gasteiger partial charge on any atom is -0.486 e. The Morgan fingerprint density at radius 2 is 1.89 bits per heavy atom. The highest BCUT2D eigenvalue weighted by atomic mass is 32.1. The van der Waals surface area contributed by atoms with E-state index in [1.807, 2.05) is 30.5 Å². The van der Waals surface area contributed by atoms with Crippen LogP contribution in [0.25, 0.3) is 10.6 Å². The maximum Gasteiger partial charge on any atom is 0.226 e. The average Bonchev–Trinajstić information content (AvgIpc) is 3.16. The lowest BCUT2D eigenvalue weighted by Crippen LogP contribution is -2.28. The van der Waals surface area contributed by atoms with Crippen molar-refractivity contribution in [2.24, 2.45) is 0 Å². The van der Waals surface area contributed by atoms with Crippen molar-refractivity contribution in [3.05, 3.63) is 64.7 Å². The van der Waals surface area contributed by atoms with Crippen LogP contribution in [0.1, 0.15) is 29.8 Å². The molecule has 6 heteroatoms. The van der Waals surface area contributed by atoms with Crippen molar-refractivity contribution in [3.8, 4) is 22.1 Å². The first-order chi connectivity index (χ1) is 13.6. The number of rotatable bonds is 5. The second-order valence-electron chi connectivity index (χ2n) is 6.88. The summed E-state index contributed by atoms with van der Waals surface area (Å²) < 4.78 is 11.2. The molecule has 1 atom stereocenters. The standard InChI is InChI=1S/C22H22N2O3S/c1-14-3-5-16(6-4-14)22-24-18(13-28-22)12-21(25)23-15(2)17-7-8-19-20(11-17)27-10-9-26-19/h3-8,11,13,15H,9-10,12H2,1-2H3,(H,23,25). The molecule has 1 amide bonds. The number of nitrogens with zero attached hydrogens (tertiary/aromatic N) is 1. The normalized spacial score (nSPS) is 13.8. The van der Waals surface area contributed by atoms with Gasteiger partial charge < -0.3 is 14.8 Å². The predicted octanol–water partition coefficient (Wildman–Crippen LogP) is 4.31. The number of carbonyl (C=O) groups is 1. The van der Waals surface area contributed by atoms with Crippen molar-refractivity contribution < 1.29 is 14.3 Å². The zero-order valence-corrected chi connectivity index (χ0v) is 16.7. The molecule has 0 spiro atoms. The molecule has 1 aliphatic heterocycles. The van der Waals surface area contributed by atoms with Gasteiger partial charge in [0.05, 0.1) is 18.2 Å². The van der Waals surface area contributed by atoms with Gasteiger partial charge in [-0.3, -0.25) is 4.79 Å². The third kappa shape index (κ3) is 4.17. The smallest absolute Gasteiger partial charge is 0.226 e. The summed E-state index contributed by atoms with van der Waals surface area (Å²) >= 11 is 1.56. The number of ether oxygens (including phenoxy) is 2. The molecule has 2 heterocycles. The fourth-order valence-corrected chi connectivity index (χ4v) is 3.91. The Morgan fingerprint density at radius 3 is 2.68 bits per heavy atom. The number of amides is 1. The van der Waals surface area contributed by atoms with Gasteiger partial charge in [-0.2, -0.15) is 0 Å². The number of carbonyl (C=O) groups excluding carboxylic acids is 1. The molecule has 0 bridgehead atoms. The van der Waals surface area contributed by atoms with Crippen LogP contribution in [0.4, 0.5) is 0 Å². The van der Waals surface area contributed by atoms with E-state index in [9.17, 15) is 4.79 Å². The Hall–Kier alpha value is -2.86. The number of nitrogens with one attached hydrogen (secondary N) is 1. The third-order valence-corrected chi connectivity index (χ3v) is 5.58. The molecular formula is C22H22N2O3S. The Kier molecular flexibility index (Phi) is 5.30.